The summed E-state index contributed by atoms with van der Waals surface area (Å²) in [7, 11) is 1.51. The average Bonchev–Trinajstić information content (AvgIpc) is 2.45. The molecule has 3 nitrogen and oxygen atoms in total. The second-order valence-corrected chi connectivity index (χ2v) is 4.01. The molecule has 0 bridgehead atoms. The van der Waals surface area contributed by atoms with Crippen LogP contribution in [0.3, 0.4) is 0 Å². The first-order chi connectivity index (χ1) is 9.24. The van der Waals surface area contributed by atoms with Gasteiger partial charge in [-0.25, -0.2) is 0 Å². The van der Waals surface area contributed by atoms with Crippen molar-refractivity contribution in [3.8, 4) is 11.5 Å². The van der Waals surface area contributed by atoms with Gasteiger partial charge in [-0.2, -0.15) is 0 Å². The molecular weight excluding hydrogens is 240 g/mol. The molecule has 0 saturated heterocycles. The summed E-state index contributed by atoms with van der Waals surface area (Å²) in [4.78, 5) is 11.0. The quantitative estimate of drug-likeness (QED) is 0.672. The predicted octanol–water partition coefficient (Wildman–Crippen LogP) is 3.38. The summed E-state index contributed by atoms with van der Waals surface area (Å²) in [6, 6.07) is 12.8. The van der Waals surface area contributed by atoms with Crippen molar-refractivity contribution < 1.29 is 14.6 Å². The number of hydrogen-bond acceptors (Lipinski definition) is 3. The SMILES string of the molecule is COc1cc(O)c(C=O)c(C=Cc2ccccc2)c1. The van der Waals surface area contributed by atoms with Gasteiger partial charge in [0.05, 0.1) is 12.7 Å². The van der Waals surface area contributed by atoms with E-state index in [4.69, 9.17) is 4.74 Å². The lowest BCUT2D eigenvalue weighted by Gasteiger charge is -2.06. The Morgan fingerprint density at radius 3 is 2.47 bits per heavy atom. The molecular formula is C16H14O3. The van der Waals surface area contributed by atoms with Crippen molar-refractivity contribution in [3.63, 3.8) is 0 Å². The van der Waals surface area contributed by atoms with Gasteiger partial charge in [-0.05, 0) is 17.2 Å². The molecule has 0 unspecified atom stereocenters. The Kier molecular flexibility index (Phi) is 3.98. The molecule has 0 aromatic heterocycles. The number of aldehydes is 1. The molecule has 0 aliphatic heterocycles. The van der Waals surface area contributed by atoms with E-state index in [2.05, 4.69) is 0 Å². The van der Waals surface area contributed by atoms with Crippen molar-refractivity contribution in [1.29, 1.82) is 0 Å². The molecule has 19 heavy (non-hydrogen) atoms. The Labute approximate surface area is 111 Å². The van der Waals surface area contributed by atoms with Crippen LogP contribution in [-0.2, 0) is 0 Å². The zero-order chi connectivity index (χ0) is 13.7. The summed E-state index contributed by atoms with van der Waals surface area (Å²) in [5.74, 6) is 0.429. The van der Waals surface area contributed by atoms with Gasteiger partial charge in [0.2, 0.25) is 0 Å². The molecule has 0 amide bonds. The first-order valence-corrected chi connectivity index (χ1v) is 5.84. The third kappa shape index (κ3) is 3.01. The number of aromatic hydroxyl groups is 1. The van der Waals surface area contributed by atoms with Crippen molar-refractivity contribution in [1.82, 2.24) is 0 Å². The normalized spacial score (nSPS) is 10.6. The fourth-order valence-corrected chi connectivity index (χ4v) is 1.77. The Balaban J connectivity index is 2.41. The average molecular weight is 254 g/mol. The largest absolute Gasteiger partial charge is 0.507 e. The highest BCUT2D eigenvalue weighted by molar-refractivity contribution is 5.88. The molecule has 3 heteroatoms. The van der Waals surface area contributed by atoms with Gasteiger partial charge in [0, 0.05) is 6.07 Å². The number of ether oxygens (including phenoxy) is 1. The minimum absolute atomic E-state index is 0.0814. The van der Waals surface area contributed by atoms with Crippen LogP contribution in [0, 0.1) is 0 Å². The van der Waals surface area contributed by atoms with Crippen LogP contribution in [0.25, 0.3) is 12.2 Å². The van der Waals surface area contributed by atoms with Crippen LogP contribution in [0.5, 0.6) is 11.5 Å². The Bertz CT molecular complexity index is 601. The van der Waals surface area contributed by atoms with E-state index in [0.717, 1.165) is 5.56 Å². The van der Waals surface area contributed by atoms with Gasteiger partial charge in [-0.1, -0.05) is 42.5 Å². The zero-order valence-corrected chi connectivity index (χ0v) is 10.5. The molecule has 0 heterocycles. The van der Waals surface area contributed by atoms with Crippen LogP contribution in [0.15, 0.2) is 42.5 Å². The van der Waals surface area contributed by atoms with Crippen molar-refractivity contribution >= 4 is 18.4 Å². The maximum atomic E-state index is 11.0. The van der Waals surface area contributed by atoms with E-state index >= 15 is 0 Å². The van der Waals surface area contributed by atoms with Crippen LogP contribution in [-0.4, -0.2) is 18.5 Å². The lowest BCUT2D eigenvalue weighted by molar-refractivity contribution is 0.112. The highest BCUT2D eigenvalue weighted by atomic mass is 16.5. The van der Waals surface area contributed by atoms with Gasteiger partial charge >= 0.3 is 0 Å². The zero-order valence-electron chi connectivity index (χ0n) is 10.5. The molecule has 0 aliphatic rings. The fraction of sp³-hybridized carbons (Fsp3) is 0.0625. The van der Waals surface area contributed by atoms with Crippen LogP contribution < -0.4 is 4.74 Å². The van der Waals surface area contributed by atoms with Gasteiger partial charge in [0.25, 0.3) is 0 Å². The standard InChI is InChI=1S/C16H14O3/c1-19-14-9-13(15(11-17)16(18)10-14)8-7-12-5-3-2-4-6-12/h2-11,18H,1H3. The van der Waals surface area contributed by atoms with Crippen LogP contribution >= 0.6 is 0 Å². The second kappa shape index (κ2) is 5.87. The molecule has 0 radical (unpaired) electrons. The first kappa shape index (κ1) is 12.9. The maximum Gasteiger partial charge on any atom is 0.154 e. The van der Waals surface area contributed by atoms with Crippen molar-refractivity contribution in [3.05, 3.63) is 59.2 Å². The molecule has 0 saturated carbocycles. The topological polar surface area (TPSA) is 46.5 Å². The molecule has 0 fully saturated rings. The number of carbonyl (C=O) groups is 1. The molecule has 0 spiro atoms. The molecule has 0 aliphatic carbocycles. The fourth-order valence-electron chi connectivity index (χ4n) is 1.77. The van der Waals surface area contributed by atoms with Crippen LogP contribution in [0.1, 0.15) is 21.5 Å². The van der Waals surface area contributed by atoms with Crippen molar-refractivity contribution in [2.75, 3.05) is 7.11 Å². The minimum atomic E-state index is -0.0814. The van der Waals surface area contributed by atoms with Crippen LogP contribution in [0.2, 0.25) is 0 Å². The van der Waals surface area contributed by atoms with Crippen molar-refractivity contribution in [2.45, 2.75) is 0 Å². The van der Waals surface area contributed by atoms with Gasteiger partial charge in [0.15, 0.2) is 6.29 Å². The molecule has 2 aromatic carbocycles. The van der Waals surface area contributed by atoms with Gasteiger partial charge in [-0.3, -0.25) is 4.79 Å². The molecule has 2 rings (SSSR count). The summed E-state index contributed by atoms with van der Waals surface area (Å²) in [5, 5.41) is 9.76. The molecule has 0 atom stereocenters. The summed E-state index contributed by atoms with van der Waals surface area (Å²) in [5.41, 5.74) is 1.89. The van der Waals surface area contributed by atoms with E-state index in [-0.39, 0.29) is 11.3 Å². The van der Waals surface area contributed by atoms with Gasteiger partial charge < -0.3 is 9.84 Å². The number of methoxy groups -OCH3 is 1. The minimum Gasteiger partial charge on any atom is -0.507 e. The number of carbonyl (C=O) groups excluding carboxylic acids is 1. The summed E-state index contributed by atoms with van der Waals surface area (Å²) >= 11 is 0. The van der Waals surface area contributed by atoms with E-state index in [1.54, 1.807) is 12.1 Å². The van der Waals surface area contributed by atoms with Crippen molar-refractivity contribution in [2.24, 2.45) is 0 Å². The van der Waals surface area contributed by atoms with Crippen LogP contribution in [0.4, 0.5) is 0 Å². The first-order valence-electron chi connectivity index (χ1n) is 5.84. The molecule has 1 N–H and O–H groups in total. The van der Waals surface area contributed by atoms with Gasteiger partial charge in [0.1, 0.15) is 11.5 Å². The summed E-state index contributed by atoms with van der Waals surface area (Å²) < 4.78 is 5.08. The summed E-state index contributed by atoms with van der Waals surface area (Å²) in [6.07, 6.45) is 4.29. The van der Waals surface area contributed by atoms with E-state index in [9.17, 15) is 9.90 Å². The highest BCUT2D eigenvalue weighted by Gasteiger charge is 2.07. The van der Waals surface area contributed by atoms with E-state index in [1.165, 1.54) is 13.2 Å². The molecule has 96 valence electrons. The Morgan fingerprint density at radius 2 is 1.84 bits per heavy atom. The monoisotopic (exact) mass is 254 g/mol. The lowest BCUT2D eigenvalue weighted by atomic mass is 10.0. The lowest BCUT2D eigenvalue weighted by Crippen LogP contribution is -1.90. The maximum absolute atomic E-state index is 11.0. The Hall–Kier alpha value is -2.55. The smallest absolute Gasteiger partial charge is 0.154 e. The summed E-state index contributed by atoms with van der Waals surface area (Å²) in [6.45, 7) is 0. The number of hydrogen-bond donors (Lipinski definition) is 1. The van der Waals surface area contributed by atoms with Gasteiger partial charge in [-0.15, -0.1) is 0 Å². The third-order valence-electron chi connectivity index (χ3n) is 2.77. The second-order valence-electron chi connectivity index (χ2n) is 4.01. The van der Waals surface area contributed by atoms with E-state index in [1.807, 2.05) is 36.4 Å². The predicted molar refractivity (Wildman–Crippen MR) is 75.4 cm³/mol. The Morgan fingerprint density at radius 1 is 1.11 bits per heavy atom. The number of phenols is 1. The number of benzene rings is 2. The molecule has 2 aromatic rings. The van der Waals surface area contributed by atoms with E-state index < -0.39 is 0 Å². The number of rotatable bonds is 4. The van der Waals surface area contributed by atoms with E-state index in [0.29, 0.717) is 17.6 Å². The third-order valence-corrected chi connectivity index (χ3v) is 2.77. The highest BCUT2D eigenvalue weighted by Crippen LogP contribution is 2.27. The number of phenolic OH excluding ortho intramolecular Hbond substituents is 1.